The molecule has 2 aromatic rings. The summed E-state index contributed by atoms with van der Waals surface area (Å²) in [5.74, 6) is -0.0903. The van der Waals surface area contributed by atoms with E-state index in [4.69, 9.17) is 5.26 Å². The molecule has 0 bridgehead atoms. The van der Waals surface area contributed by atoms with Crippen LogP contribution in [0.3, 0.4) is 0 Å². The molecule has 1 aromatic heterocycles. The molecular weight excluding hydrogens is 226 g/mol. The molecule has 0 saturated carbocycles. The molecule has 0 N–H and O–H groups in total. The second-order valence-electron chi connectivity index (χ2n) is 3.83. The largest absolute Gasteiger partial charge is 0.289 e. The minimum atomic E-state index is -0.0903. The summed E-state index contributed by atoms with van der Waals surface area (Å²) in [7, 11) is 1.76. The minimum absolute atomic E-state index is 0.0903. The Balaban J connectivity index is 2.11. The van der Waals surface area contributed by atoms with Gasteiger partial charge in [0.1, 0.15) is 0 Å². The van der Waals surface area contributed by atoms with E-state index in [1.807, 2.05) is 6.07 Å². The Bertz CT molecular complexity index is 630. The van der Waals surface area contributed by atoms with E-state index >= 15 is 0 Å². The van der Waals surface area contributed by atoms with Crippen molar-refractivity contribution in [3.8, 4) is 6.07 Å². The van der Waals surface area contributed by atoms with Gasteiger partial charge in [0.15, 0.2) is 5.78 Å². The SMILES string of the molecule is Cn1cc(C(=O)/C=C/c2ccc(C#N)cc2)cn1. The van der Waals surface area contributed by atoms with Crippen molar-refractivity contribution < 1.29 is 4.79 Å². The average molecular weight is 237 g/mol. The van der Waals surface area contributed by atoms with Gasteiger partial charge < -0.3 is 0 Å². The lowest BCUT2D eigenvalue weighted by molar-refractivity contribution is 0.104. The highest BCUT2D eigenvalue weighted by atomic mass is 16.1. The molecule has 18 heavy (non-hydrogen) atoms. The van der Waals surface area contributed by atoms with E-state index in [9.17, 15) is 4.79 Å². The first-order valence-electron chi connectivity index (χ1n) is 5.40. The van der Waals surface area contributed by atoms with Gasteiger partial charge in [-0.05, 0) is 23.8 Å². The first-order chi connectivity index (χ1) is 8.69. The summed E-state index contributed by atoms with van der Waals surface area (Å²) < 4.78 is 1.59. The first-order valence-corrected chi connectivity index (χ1v) is 5.40. The van der Waals surface area contributed by atoms with Crippen molar-refractivity contribution >= 4 is 11.9 Å². The van der Waals surface area contributed by atoms with Crippen molar-refractivity contribution in [2.75, 3.05) is 0 Å². The minimum Gasteiger partial charge on any atom is -0.289 e. The van der Waals surface area contributed by atoms with Crippen LogP contribution in [0.5, 0.6) is 0 Å². The summed E-state index contributed by atoms with van der Waals surface area (Å²) in [4.78, 5) is 11.8. The summed E-state index contributed by atoms with van der Waals surface area (Å²) >= 11 is 0. The van der Waals surface area contributed by atoms with Gasteiger partial charge in [-0.15, -0.1) is 0 Å². The summed E-state index contributed by atoms with van der Waals surface area (Å²) in [5.41, 5.74) is 2.04. The molecule has 2 rings (SSSR count). The third-order valence-electron chi connectivity index (χ3n) is 2.46. The molecule has 0 aliphatic heterocycles. The second kappa shape index (κ2) is 5.11. The molecule has 0 atom stereocenters. The molecule has 0 aliphatic carbocycles. The fourth-order valence-electron chi connectivity index (χ4n) is 1.49. The van der Waals surface area contributed by atoms with Crippen LogP contribution in [0.4, 0.5) is 0 Å². The van der Waals surface area contributed by atoms with Crippen LogP contribution >= 0.6 is 0 Å². The van der Waals surface area contributed by atoms with Crippen LogP contribution in [0.2, 0.25) is 0 Å². The zero-order valence-electron chi connectivity index (χ0n) is 9.87. The number of nitrogens with zero attached hydrogens (tertiary/aromatic N) is 3. The fraction of sp³-hybridized carbons (Fsp3) is 0.0714. The van der Waals surface area contributed by atoms with E-state index in [2.05, 4.69) is 5.10 Å². The number of carbonyl (C=O) groups excluding carboxylic acids is 1. The van der Waals surface area contributed by atoms with Crippen LogP contribution in [0.1, 0.15) is 21.5 Å². The van der Waals surface area contributed by atoms with Crippen molar-refractivity contribution in [3.05, 3.63) is 59.4 Å². The maximum atomic E-state index is 11.8. The van der Waals surface area contributed by atoms with Gasteiger partial charge in [0.25, 0.3) is 0 Å². The molecule has 4 heteroatoms. The molecule has 0 aliphatic rings. The van der Waals surface area contributed by atoms with Crippen molar-refractivity contribution in [2.24, 2.45) is 7.05 Å². The van der Waals surface area contributed by atoms with Crippen molar-refractivity contribution in [1.82, 2.24) is 9.78 Å². The maximum absolute atomic E-state index is 11.8. The molecule has 0 radical (unpaired) electrons. The second-order valence-corrected chi connectivity index (χ2v) is 3.83. The lowest BCUT2D eigenvalue weighted by Crippen LogP contribution is -1.91. The Morgan fingerprint density at radius 1 is 1.39 bits per heavy atom. The number of nitriles is 1. The van der Waals surface area contributed by atoms with Gasteiger partial charge in [-0.25, -0.2) is 0 Å². The third kappa shape index (κ3) is 2.71. The summed E-state index contributed by atoms with van der Waals surface area (Å²) in [6, 6.07) is 9.07. The number of ketones is 1. The monoisotopic (exact) mass is 237 g/mol. The van der Waals surface area contributed by atoms with Gasteiger partial charge in [-0.1, -0.05) is 18.2 Å². The first kappa shape index (κ1) is 11.8. The maximum Gasteiger partial charge on any atom is 0.189 e. The van der Waals surface area contributed by atoms with Crippen molar-refractivity contribution in [3.63, 3.8) is 0 Å². The van der Waals surface area contributed by atoms with E-state index in [1.54, 1.807) is 48.3 Å². The molecule has 0 amide bonds. The Hall–Kier alpha value is -2.67. The van der Waals surface area contributed by atoms with Gasteiger partial charge in [0.05, 0.1) is 23.4 Å². The molecule has 1 heterocycles. The van der Waals surface area contributed by atoms with E-state index in [0.717, 1.165) is 5.56 Å². The Kier molecular flexibility index (Phi) is 3.35. The quantitative estimate of drug-likeness (QED) is 0.607. The van der Waals surface area contributed by atoms with Gasteiger partial charge in [0.2, 0.25) is 0 Å². The van der Waals surface area contributed by atoms with Crippen LogP contribution in [0.25, 0.3) is 6.08 Å². The predicted octanol–water partition coefficient (Wildman–Crippen LogP) is 2.19. The van der Waals surface area contributed by atoms with Crippen LogP contribution in [-0.2, 0) is 7.05 Å². The van der Waals surface area contributed by atoms with Crippen LogP contribution < -0.4 is 0 Å². The van der Waals surface area contributed by atoms with E-state index in [0.29, 0.717) is 11.1 Å². The molecule has 88 valence electrons. The van der Waals surface area contributed by atoms with Crippen LogP contribution in [0, 0.1) is 11.3 Å². The fourth-order valence-corrected chi connectivity index (χ4v) is 1.49. The number of rotatable bonds is 3. The Morgan fingerprint density at radius 3 is 2.67 bits per heavy atom. The van der Waals surface area contributed by atoms with Gasteiger partial charge >= 0.3 is 0 Å². The molecule has 4 nitrogen and oxygen atoms in total. The number of benzene rings is 1. The standard InChI is InChI=1S/C14H11N3O/c1-17-10-13(9-16-17)14(18)7-6-11-2-4-12(8-15)5-3-11/h2-7,9-10H,1H3/b7-6+. The number of carbonyl (C=O) groups is 1. The normalized spacial score (nSPS) is 10.4. The Labute approximate surface area is 105 Å². The number of hydrogen-bond acceptors (Lipinski definition) is 3. The third-order valence-corrected chi connectivity index (χ3v) is 2.46. The molecule has 1 aromatic carbocycles. The van der Waals surface area contributed by atoms with Crippen molar-refractivity contribution in [1.29, 1.82) is 5.26 Å². The number of aryl methyl sites for hydroxylation is 1. The highest BCUT2D eigenvalue weighted by Crippen LogP contribution is 2.07. The zero-order valence-corrected chi connectivity index (χ0v) is 9.87. The van der Waals surface area contributed by atoms with E-state index in [1.165, 1.54) is 12.3 Å². The van der Waals surface area contributed by atoms with Crippen LogP contribution in [-0.4, -0.2) is 15.6 Å². The van der Waals surface area contributed by atoms with Gasteiger partial charge in [0, 0.05) is 13.2 Å². The molecule has 0 unspecified atom stereocenters. The Morgan fingerprint density at radius 2 is 2.11 bits per heavy atom. The lowest BCUT2D eigenvalue weighted by atomic mass is 10.1. The van der Waals surface area contributed by atoms with E-state index in [-0.39, 0.29) is 5.78 Å². The number of aromatic nitrogens is 2. The van der Waals surface area contributed by atoms with Gasteiger partial charge in [-0.2, -0.15) is 10.4 Å². The van der Waals surface area contributed by atoms with Gasteiger partial charge in [-0.3, -0.25) is 9.48 Å². The summed E-state index contributed by atoms with van der Waals surface area (Å²) in [6.07, 6.45) is 6.42. The molecular formula is C14H11N3O. The topological polar surface area (TPSA) is 58.7 Å². The smallest absolute Gasteiger partial charge is 0.189 e. The summed E-state index contributed by atoms with van der Waals surface area (Å²) in [5, 5.41) is 12.6. The van der Waals surface area contributed by atoms with E-state index < -0.39 is 0 Å². The summed E-state index contributed by atoms with van der Waals surface area (Å²) in [6.45, 7) is 0. The molecule has 0 spiro atoms. The van der Waals surface area contributed by atoms with Crippen molar-refractivity contribution in [2.45, 2.75) is 0 Å². The highest BCUT2D eigenvalue weighted by molar-refractivity contribution is 6.06. The average Bonchev–Trinajstić information content (AvgIpc) is 2.83. The predicted molar refractivity (Wildman–Crippen MR) is 67.7 cm³/mol. The lowest BCUT2D eigenvalue weighted by Gasteiger charge is -1.93. The number of hydrogen-bond donors (Lipinski definition) is 0. The molecule has 0 fully saturated rings. The van der Waals surface area contributed by atoms with Crippen LogP contribution in [0.15, 0.2) is 42.7 Å². The molecule has 0 saturated heterocycles. The highest BCUT2D eigenvalue weighted by Gasteiger charge is 2.03. The number of allylic oxidation sites excluding steroid dienone is 1. The zero-order chi connectivity index (χ0) is 13.0.